The summed E-state index contributed by atoms with van der Waals surface area (Å²) >= 11 is 10.9. The zero-order chi connectivity index (χ0) is 14.1. The number of hydrogen-bond acceptors (Lipinski definition) is 3. The number of methoxy groups -OCH3 is 1. The number of hydrogen-bond donors (Lipinski definition) is 2. The molecule has 0 fully saturated rings. The Labute approximate surface area is 122 Å². The molecule has 0 aliphatic carbocycles. The fourth-order valence-electron chi connectivity index (χ4n) is 1.24. The van der Waals surface area contributed by atoms with Crippen molar-refractivity contribution in [1.29, 1.82) is 0 Å². The number of ether oxygens (including phenoxy) is 1. The molecule has 0 saturated carbocycles. The molecule has 1 aromatic carbocycles. The second kappa shape index (κ2) is 8.63. The van der Waals surface area contributed by atoms with Crippen LogP contribution in [0.15, 0.2) is 30.3 Å². The normalized spacial score (nSPS) is 10.4. The van der Waals surface area contributed by atoms with E-state index >= 15 is 0 Å². The fraction of sp³-hybridized carbons (Fsp3) is 0.231. The maximum Gasteiger partial charge on any atom is 0.250 e. The minimum atomic E-state index is -0.310. The molecule has 0 spiro atoms. The first-order chi connectivity index (χ1) is 9.13. The Balaban J connectivity index is 2.43. The van der Waals surface area contributed by atoms with Gasteiger partial charge in [0, 0.05) is 24.8 Å². The van der Waals surface area contributed by atoms with E-state index in [1.54, 1.807) is 19.3 Å². The molecule has 1 amide bonds. The summed E-state index contributed by atoms with van der Waals surface area (Å²) in [4.78, 5) is 11.6. The molecular weight excluding hydrogens is 284 g/mol. The predicted molar refractivity (Wildman–Crippen MR) is 81.1 cm³/mol. The molecule has 19 heavy (non-hydrogen) atoms. The quantitative estimate of drug-likeness (QED) is 0.496. The van der Waals surface area contributed by atoms with Crippen molar-refractivity contribution in [3.05, 3.63) is 40.9 Å². The van der Waals surface area contributed by atoms with Gasteiger partial charge < -0.3 is 10.1 Å². The summed E-state index contributed by atoms with van der Waals surface area (Å²) in [6.07, 6.45) is 3.01. The van der Waals surface area contributed by atoms with E-state index in [1.807, 2.05) is 18.2 Å². The summed E-state index contributed by atoms with van der Waals surface area (Å²) < 4.78 is 4.85. The summed E-state index contributed by atoms with van der Waals surface area (Å²) in [5.74, 6) is -0.310. The summed E-state index contributed by atoms with van der Waals surface area (Å²) in [5, 5.41) is 6.22. The number of thiocarbonyl (C=S) groups is 1. The number of rotatable bonds is 5. The van der Waals surface area contributed by atoms with E-state index in [0.717, 1.165) is 5.56 Å². The van der Waals surface area contributed by atoms with Crippen LogP contribution in [-0.4, -0.2) is 31.3 Å². The summed E-state index contributed by atoms with van der Waals surface area (Å²) in [6.45, 7) is 1.06. The van der Waals surface area contributed by atoms with Crippen molar-refractivity contribution in [2.24, 2.45) is 0 Å². The number of amides is 1. The molecule has 0 aliphatic heterocycles. The van der Waals surface area contributed by atoms with Crippen molar-refractivity contribution in [1.82, 2.24) is 10.6 Å². The zero-order valence-corrected chi connectivity index (χ0v) is 12.1. The van der Waals surface area contributed by atoms with Crippen LogP contribution in [0.1, 0.15) is 5.56 Å². The van der Waals surface area contributed by atoms with Gasteiger partial charge in [-0.15, -0.1) is 0 Å². The first-order valence-corrected chi connectivity index (χ1v) is 6.42. The third kappa shape index (κ3) is 6.33. The highest BCUT2D eigenvalue weighted by atomic mass is 35.5. The van der Waals surface area contributed by atoms with Gasteiger partial charge in [0.2, 0.25) is 5.91 Å². The summed E-state index contributed by atoms with van der Waals surface area (Å²) in [7, 11) is 1.59. The first kappa shape index (κ1) is 15.6. The third-order valence-corrected chi connectivity index (χ3v) is 2.74. The van der Waals surface area contributed by atoms with Gasteiger partial charge in [0.15, 0.2) is 5.11 Å². The van der Waals surface area contributed by atoms with E-state index in [0.29, 0.717) is 18.2 Å². The minimum Gasteiger partial charge on any atom is -0.383 e. The van der Waals surface area contributed by atoms with Gasteiger partial charge in [0.25, 0.3) is 0 Å². The number of carbonyl (C=O) groups excluding carboxylic acids is 1. The highest BCUT2D eigenvalue weighted by Gasteiger charge is 2.00. The Kier molecular flexibility index (Phi) is 7.10. The first-order valence-electron chi connectivity index (χ1n) is 5.64. The van der Waals surface area contributed by atoms with Crippen molar-refractivity contribution >= 4 is 40.9 Å². The lowest BCUT2D eigenvalue weighted by Gasteiger charge is -2.06. The van der Waals surface area contributed by atoms with Crippen LogP contribution < -0.4 is 10.6 Å². The molecule has 4 nitrogen and oxygen atoms in total. The molecule has 0 aromatic heterocycles. The van der Waals surface area contributed by atoms with Crippen molar-refractivity contribution in [3.63, 3.8) is 0 Å². The van der Waals surface area contributed by atoms with Crippen LogP contribution >= 0.6 is 23.8 Å². The maximum absolute atomic E-state index is 11.6. The molecule has 0 aliphatic rings. The molecule has 2 N–H and O–H groups in total. The van der Waals surface area contributed by atoms with Crippen molar-refractivity contribution in [2.75, 3.05) is 20.3 Å². The number of nitrogens with one attached hydrogen (secondary N) is 2. The highest BCUT2D eigenvalue weighted by Crippen LogP contribution is 2.15. The van der Waals surface area contributed by atoms with Crippen LogP contribution in [0.3, 0.4) is 0 Å². The van der Waals surface area contributed by atoms with Gasteiger partial charge in [0.1, 0.15) is 0 Å². The average molecular weight is 299 g/mol. The number of halogens is 1. The van der Waals surface area contributed by atoms with Gasteiger partial charge in [-0.25, -0.2) is 0 Å². The fourth-order valence-corrected chi connectivity index (χ4v) is 1.64. The molecule has 0 heterocycles. The SMILES string of the molecule is COCCNC(=S)NC(=O)/C=C/c1ccccc1Cl. The molecule has 0 unspecified atom stereocenters. The topological polar surface area (TPSA) is 50.4 Å². The molecule has 6 heteroatoms. The maximum atomic E-state index is 11.6. The lowest BCUT2D eigenvalue weighted by atomic mass is 10.2. The second-order valence-corrected chi connectivity index (χ2v) is 4.41. The lowest BCUT2D eigenvalue weighted by molar-refractivity contribution is -0.115. The van der Waals surface area contributed by atoms with Crippen LogP contribution in [0.25, 0.3) is 6.08 Å². The molecule has 1 aromatic rings. The van der Waals surface area contributed by atoms with E-state index in [9.17, 15) is 4.79 Å². The predicted octanol–water partition coefficient (Wildman–Crippen LogP) is 1.99. The van der Waals surface area contributed by atoms with E-state index in [2.05, 4.69) is 10.6 Å². The average Bonchev–Trinajstić information content (AvgIpc) is 2.38. The van der Waals surface area contributed by atoms with E-state index < -0.39 is 0 Å². The number of benzene rings is 1. The highest BCUT2D eigenvalue weighted by molar-refractivity contribution is 7.80. The molecule has 0 radical (unpaired) electrons. The van der Waals surface area contributed by atoms with Gasteiger partial charge in [-0.3, -0.25) is 10.1 Å². The van der Waals surface area contributed by atoms with Crippen LogP contribution in [0.4, 0.5) is 0 Å². The Hall–Kier alpha value is -1.43. The molecule has 102 valence electrons. The van der Waals surface area contributed by atoms with E-state index in [4.69, 9.17) is 28.6 Å². The Bertz CT molecular complexity index is 477. The molecule has 0 bridgehead atoms. The van der Waals surface area contributed by atoms with E-state index in [1.165, 1.54) is 6.08 Å². The van der Waals surface area contributed by atoms with Crippen LogP contribution in [0.2, 0.25) is 5.02 Å². The zero-order valence-electron chi connectivity index (χ0n) is 10.5. The molecule has 0 saturated heterocycles. The molecule has 1 rings (SSSR count). The van der Waals surface area contributed by atoms with Crippen molar-refractivity contribution in [2.45, 2.75) is 0 Å². The monoisotopic (exact) mass is 298 g/mol. The van der Waals surface area contributed by atoms with E-state index in [-0.39, 0.29) is 11.0 Å². The Morgan fingerprint density at radius 3 is 2.89 bits per heavy atom. The number of carbonyl (C=O) groups is 1. The Morgan fingerprint density at radius 1 is 1.47 bits per heavy atom. The minimum absolute atomic E-state index is 0.269. The van der Waals surface area contributed by atoms with Crippen LogP contribution in [0.5, 0.6) is 0 Å². The van der Waals surface area contributed by atoms with Gasteiger partial charge in [-0.05, 0) is 29.9 Å². The lowest BCUT2D eigenvalue weighted by Crippen LogP contribution is -2.39. The molecular formula is C13H15ClN2O2S. The molecule has 0 atom stereocenters. The van der Waals surface area contributed by atoms with Crippen LogP contribution in [0, 0.1) is 0 Å². The summed E-state index contributed by atoms with van der Waals surface area (Å²) in [5.41, 5.74) is 0.776. The van der Waals surface area contributed by atoms with Gasteiger partial charge in [-0.1, -0.05) is 29.8 Å². The Morgan fingerprint density at radius 2 is 2.21 bits per heavy atom. The van der Waals surface area contributed by atoms with Gasteiger partial charge in [-0.2, -0.15) is 0 Å². The van der Waals surface area contributed by atoms with Gasteiger partial charge >= 0.3 is 0 Å². The standard InChI is InChI=1S/C13H15ClN2O2S/c1-18-9-8-15-13(19)16-12(17)7-6-10-4-2-3-5-11(10)14/h2-7H,8-9H2,1H3,(H2,15,16,17,19)/b7-6+. The van der Waals surface area contributed by atoms with Crippen molar-refractivity contribution < 1.29 is 9.53 Å². The largest absolute Gasteiger partial charge is 0.383 e. The van der Waals surface area contributed by atoms with Crippen molar-refractivity contribution in [3.8, 4) is 0 Å². The van der Waals surface area contributed by atoms with Gasteiger partial charge in [0.05, 0.1) is 6.61 Å². The van der Waals surface area contributed by atoms with Crippen LogP contribution in [-0.2, 0) is 9.53 Å². The third-order valence-electron chi connectivity index (χ3n) is 2.15. The smallest absolute Gasteiger partial charge is 0.250 e. The summed E-state index contributed by atoms with van der Waals surface area (Å²) in [6, 6.07) is 7.26. The second-order valence-electron chi connectivity index (χ2n) is 3.59.